The molecule has 3 rings (SSSR count). The fraction of sp³-hybridized carbons (Fsp3) is 0.154. The number of carbonyl (C=O) groups excluding carboxylic acids is 1. The molecule has 0 fully saturated rings. The molecule has 0 amide bonds. The van der Waals surface area contributed by atoms with E-state index < -0.39 is 0 Å². The Morgan fingerprint density at radius 1 is 1.05 bits per heavy atom. The first-order chi connectivity index (χ1) is 9.16. The molecule has 0 unspecified atom stereocenters. The average Bonchev–Trinajstić information content (AvgIpc) is 2.83. The van der Waals surface area contributed by atoms with Gasteiger partial charge in [-0.25, -0.2) is 0 Å². The van der Waals surface area contributed by atoms with Gasteiger partial charge in [-0.1, -0.05) is 0 Å². The fourth-order valence-electron chi connectivity index (χ4n) is 1.84. The first-order valence-electron chi connectivity index (χ1n) is 5.53. The minimum atomic E-state index is -0.149. The Morgan fingerprint density at radius 3 is 2.37 bits per heavy atom. The lowest BCUT2D eigenvalue weighted by Gasteiger charge is -2.19. The molecule has 19 heavy (non-hydrogen) atoms. The molecular weight excluding hydrogens is 380 g/mol. The predicted octanol–water partition coefficient (Wildman–Crippen LogP) is 3.81. The zero-order chi connectivity index (χ0) is 13.4. The monoisotopic (exact) mass is 386 g/mol. The van der Waals surface area contributed by atoms with Crippen molar-refractivity contribution >= 4 is 37.6 Å². The number of benzene rings is 1. The van der Waals surface area contributed by atoms with Gasteiger partial charge in [0.2, 0.25) is 0 Å². The topological polar surface area (TPSA) is 48.7 Å². The van der Waals surface area contributed by atoms with E-state index in [9.17, 15) is 4.79 Å². The van der Waals surface area contributed by atoms with Crippen LogP contribution in [0.3, 0.4) is 0 Å². The lowest BCUT2D eigenvalue weighted by molar-refractivity contribution is 0.103. The molecule has 0 radical (unpaired) electrons. The Hall–Kier alpha value is -1.27. The summed E-state index contributed by atoms with van der Waals surface area (Å²) in [5.41, 5.74) is 0.976. The third kappa shape index (κ3) is 2.30. The van der Waals surface area contributed by atoms with Crippen LogP contribution in [0.25, 0.3) is 0 Å². The van der Waals surface area contributed by atoms with Crippen LogP contribution in [0.1, 0.15) is 15.9 Å². The van der Waals surface area contributed by atoms with Crippen molar-refractivity contribution in [3.05, 3.63) is 44.7 Å². The van der Waals surface area contributed by atoms with Crippen molar-refractivity contribution in [1.29, 1.82) is 0 Å². The number of ether oxygens (including phenoxy) is 2. The van der Waals surface area contributed by atoms with E-state index in [1.54, 1.807) is 18.2 Å². The maximum atomic E-state index is 12.4. The molecule has 0 N–H and O–H groups in total. The van der Waals surface area contributed by atoms with E-state index in [1.807, 2.05) is 0 Å². The number of rotatable bonds is 2. The molecule has 1 aliphatic rings. The van der Waals surface area contributed by atoms with E-state index >= 15 is 0 Å². The maximum Gasteiger partial charge on any atom is 0.198 e. The molecule has 98 valence electrons. The van der Waals surface area contributed by atoms with Gasteiger partial charge in [0.05, 0.1) is 11.8 Å². The van der Waals surface area contributed by atoms with E-state index in [0.29, 0.717) is 45.0 Å². The first kappa shape index (κ1) is 12.7. The summed E-state index contributed by atoms with van der Waals surface area (Å²) in [4.78, 5) is 12.4. The zero-order valence-electron chi connectivity index (χ0n) is 9.61. The number of carbonyl (C=O) groups is 1. The molecule has 0 atom stereocenters. The molecule has 0 spiro atoms. The van der Waals surface area contributed by atoms with Gasteiger partial charge in [-0.15, -0.1) is 0 Å². The summed E-state index contributed by atoms with van der Waals surface area (Å²) in [6, 6.07) is 5.05. The molecule has 1 aromatic carbocycles. The summed E-state index contributed by atoms with van der Waals surface area (Å²) in [5.74, 6) is 1.07. The van der Waals surface area contributed by atoms with Gasteiger partial charge in [0.1, 0.15) is 13.2 Å². The second-order valence-electron chi connectivity index (χ2n) is 3.91. The quantitative estimate of drug-likeness (QED) is 0.735. The van der Waals surface area contributed by atoms with Crippen molar-refractivity contribution in [2.75, 3.05) is 13.2 Å². The maximum absolute atomic E-state index is 12.4. The molecule has 6 heteroatoms. The van der Waals surface area contributed by atoms with Crippen molar-refractivity contribution in [3.63, 3.8) is 0 Å². The molecule has 0 bridgehead atoms. The van der Waals surface area contributed by atoms with Crippen molar-refractivity contribution < 1.29 is 18.7 Å². The molecule has 0 saturated heterocycles. The normalized spacial score (nSPS) is 13.4. The summed E-state index contributed by atoms with van der Waals surface area (Å²) >= 11 is 6.59. The van der Waals surface area contributed by atoms with Gasteiger partial charge in [0.15, 0.2) is 22.0 Å². The minimum absolute atomic E-state index is 0.149. The predicted molar refractivity (Wildman–Crippen MR) is 75.0 cm³/mol. The van der Waals surface area contributed by atoms with Gasteiger partial charge in [-0.05, 0) is 50.1 Å². The van der Waals surface area contributed by atoms with Gasteiger partial charge < -0.3 is 13.9 Å². The van der Waals surface area contributed by atoms with Crippen LogP contribution < -0.4 is 9.47 Å². The minimum Gasteiger partial charge on any atom is -0.486 e. The average molecular weight is 388 g/mol. The molecule has 4 nitrogen and oxygen atoms in total. The van der Waals surface area contributed by atoms with E-state index in [1.165, 1.54) is 6.26 Å². The Morgan fingerprint density at radius 2 is 1.74 bits per heavy atom. The highest BCUT2D eigenvalue weighted by molar-refractivity contribution is 9.10. The van der Waals surface area contributed by atoms with Gasteiger partial charge >= 0.3 is 0 Å². The van der Waals surface area contributed by atoms with Crippen molar-refractivity contribution in [2.24, 2.45) is 0 Å². The van der Waals surface area contributed by atoms with Crippen LogP contribution in [0.5, 0.6) is 11.5 Å². The van der Waals surface area contributed by atoms with Crippen molar-refractivity contribution in [2.45, 2.75) is 0 Å². The number of fused-ring (bicyclic) bond motifs is 1. The Labute approximate surface area is 125 Å². The lowest BCUT2D eigenvalue weighted by Crippen LogP contribution is -2.16. The second kappa shape index (κ2) is 5.02. The summed E-state index contributed by atoms with van der Waals surface area (Å²) < 4.78 is 17.1. The van der Waals surface area contributed by atoms with Crippen LogP contribution in [0.15, 0.2) is 38.0 Å². The van der Waals surface area contributed by atoms with Gasteiger partial charge in [-0.2, -0.15) is 0 Å². The largest absolute Gasteiger partial charge is 0.486 e. The molecular formula is C13H8Br2O4. The summed E-state index contributed by atoms with van der Waals surface area (Å²) in [7, 11) is 0. The van der Waals surface area contributed by atoms with Crippen LogP contribution in [0.4, 0.5) is 0 Å². The van der Waals surface area contributed by atoms with Gasteiger partial charge in [-0.3, -0.25) is 4.79 Å². The summed E-state index contributed by atoms with van der Waals surface area (Å²) in [6.45, 7) is 0.998. The molecule has 0 aliphatic carbocycles. The van der Waals surface area contributed by atoms with Crippen LogP contribution >= 0.6 is 31.9 Å². The number of ketones is 1. The highest BCUT2D eigenvalue weighted by atomic mass is 79.9. The number of halogens is 2. The molecule has 0 saturated carbocycles. The molecule has 1 aromatic heterocycles. The van der Waals surface area contributed by atoms with E-state index in [-0.39, 0.29) is 5.78 Å². The Kier molecular flexibility index (Phi) is 3.36. The summed E-state index contributed by atoms with van der Waals surface area (Å²) in [5, 5.41) is 0. The lowest BCUT2D eigenvalue weighted by atomic mass is 10.1. The summed E-state index contributed by atoms with van der Waals surface area (Å²) in [6.07, 6.45) is 1.46. The molecule has 1 aliphatic heterocycles. The highest BCUT2D eigenvalue weighted by Gasteiger charge is 2.22. The van der Waals surface area contributed by atoms with Crippen LogP contribution in [-0.2, 0) is 0 Å². The molecule has 2 heterocycles. The Bertz CT molecular complexity index is 648. The molecule has 2 aromatic rings. The second-order valence-corrected chi connectivity index (χ2v) is 5.49. The fourth-order valence-corrected chi connectivity index (χ4v) is 2.76. The number of hydrogen-bond acceptors (Lipinski definition) is 4. The standard InChI is InChI=1S/C13H8Br2O4/c14-9-6-11-10(17-3-4-18-11)5-8(9)12(16)7-1-2-19-13(7)15/h1-2,5-6H,3-4H2. The van der Waals surface area contributed by atoms with E-state index in [0.717, 1.165) is 0 Å². The number of furan rings is 1. The SMILES string of the molecule is O=C(c1cc2c(cc1Br)OCCO2)c1ccoc1Br. The Balaban J connectivity index is 2.06. The van der Waals surface area contributed by atoms with Crippen LogP contribution in [0.2, 0.25) is 0 Å². The van der Waals surface area contributed by atoms with E-state index in [4.69, 9.17) is 13.9 Å². The van der Waals surface area contributed by atoms with Gasteiger partial charge in [0.25, 0.3) is 0 Å². The smallest absolute Gasteiger partial charge is 0.198 e. The van der Waals surface area contributed by atoms with Crippen LogP contribution in [0, 0.1) is 0 Å². The van der Waals surface area contributed by atoms with Gasteiger partial charge in [0, 0.05) is 10.0 Å². The third-order valence-electron chi connectivity index (χ3n) is 2.74. The first-order valence-corrected chi connectivity index (χ1v) is 7.12. The zero-order valence-corrected chi connectivity index (χ0v) is 12.8. The van der Waals surface area contributed by atoms with Crippen LogP contribution in [-0.4, -0.2) is 19.0 Å². The number of hydrogen-bond donors (Lipinski definition) is 0. The van der Waals surface area contributed by atoms with E-state index in [2.05, 4.69) is 31.9 Å². The van der Waals surface area contributed by atoms with Crippen molar-refractivity contribution in [3.8, 4) is 11.5 Å². The third-order valence-corrected chi connectivity index (χ3v) is 4.01. The van der Waals surface area contributed by atoms with Crippen molar-refractivity contribution in [1.82, 2.24) is 0 Å². The highest BCUT2D eigenvalue weighted by Crippen LogP contribution is 2.37.